The number of thiazole rings is 1. The predicted octanol–water partition coefficient (Wildman–Crippen LogP) is 4.20. The van der Waals surface area contributed by atoms with Gasteiger partial charge >= 0.3 is 0 Å². The molecular formula is C18H22N2O2S. The van der Waals surface area contributed by atoms with E-state index in [-0.39, 0.29) is 18.6 Å². The molecule has 0 atom stereocenters. The molecule has 1 fully saturated rings. The van der Waals surface area contributed by atoms with Gasteiger partial charge in [-0.1, -0.05) is 37.5 Å². The Bertz CT molecular complexity index is 636. The average Bonchev–Trinajstić information content (AvgIpc) is 3.09. The second-order valence-electron chi connectivity index (χ2n) is 5.92. The fourth-order valence-corrected chi connectivity index (χ4v) is 3.80. The number of anilines is 1. The molecule has 1 aliphatic carbocycles. The fraction of sp³-hybridized carbons (Fsp3) is 0.444. The Kier molecular flexibility index (Phi) is 5.28. The first-order chi connectivity index (χ1) is 11.3. The maximum absolute atomic E-state index is 12.8. The van der Waals surface area contributed by atoms with Gasteiger partial charge in [0, 0.05) is 17.6 Å². The molecule has 1 aliphatic rings. The highest BCUT2D eigenvalue weighted by atomic mass is 32.1. The van der Waals surface area contributed by atoms with E-state index < -0.39 is 0 Å². The van der Waals surface area contributed by atoms with E-state index in [0.29, 0.717) is 0 Å². The predicted molar refractivity (Wildman–Crippen MR) is 93.1 cm³/mol. The van der Waals surface area contributed by atoms with E-state index in [2.05, 4.69) is 4.98 Å². The summed E-state index contributed by atoms with van der Waals surface area (Å²) in [4.78, 5) is 19.0. The summed E-state index contributed by atoms with van der Waals surface area (Å²) in [7, 11) is 0. The zero-order valence-electron chi connectivity index (χ0n) is 13.4. The van der Waals surface area contributed by atoms with Gasteiger partial charge in [0.05, 0.1) is 0 Å². The number of carbonyl (C=O) groups excluding carboxylic acids is 1. The van der Waals surface area contributed by atoms with Crippen LogP contribution in [0.1, 0.15) is 37.7 Å². The van der Waals surface area contributed by atoms with Crippen LogP contribution in [0.4, 0.5) is 5.13 Å². The summed E-state index contributed by atoms with van der Waals surface area (Å²) in [5.74, 6) is 0.763. The monoisotopic (exact) mass is 330 g/mol. The number of ether oxygens (including phenoxy) is 1. The molecular weight excluding hydrogens is 308 g/mol. The van der Waals surface area contributed by atoms with Crippen molar-refractivity contribution in [3.8, 4) is 5.75 Å². The van der Waals surface area contributed by atoms with Crippen molar-refractivity contribution in [2.45, 2.75) is 45.1 Å². The molecule has 0 aliphatic heterocycles. The summed E-state index contributed by atoms with van der Waals surface area (Å²) in [5.41, 5.74) is 1.04. The molecule has 1 aromatic carbocycles. The highest BCUT2D eigenvalue weighted by Gasteiger charge is 2.28. The van der Waals surface area contributed by atoms with Gasteiger partial charge in [0.25, 0.3) is 5.91 Å². The van der Waals surface area contributed by atoms with Gasteiger partial charge in [-0.2, -0.15) is 0 Å². The Labute approximate surface area is 141 Å². The lowest BCUT2D eigenvalue weighted by Gasteiger charge is -2.32. The van der Waals surface area contributed by atoms with Crippen LogP contribution >= 0.6 is 11.3 Å². The quantitative estimate of drug-likeness (QED) is 0.825. The molecule has 0 saturated heterocycles. The van der Waals surface area contributed by atoms with Crippen molar-refractivity contribution in [3.05, 3.63) is 41.4 Å². The highest BCUT2D eigenvalue weighted by Crippen LogP contribution is 2.29. The second-order valence-corrected chi connectivity index (χ2v) is 6.80. The van der Waals surface area contributed by atoms with Crippen molar-refractivity contribution < 1.29 is 9.53 Å². The molecule has 0 unspecified atom stereocenters. The number of benzene rings is 1. The highest BCUT2D eigenvalue weighted by molar-refractivity contribution is 7.13. The third-order valence-corrected chi connectivity index (χ3v) is 5.05. The summed E-state index contributed by atoms with van der Waals surface area (Å²) < 4.78 is 5.75. The van der Waals surface area contributed by atoms with Crippen LogP contribution in [-0.4, -0.2) is 23.5 Å². The third-order valence-electron chi connectivity index (χ3n) is 4.28. The van der Waals surface area contributed by atoms with Gasteiger partial charge in [0.2, 0.25) is 0 Å². The summed E-state index contributed by atoms with van der Waals surface area (Å²) in [6.45, 7) is 2.04. The lowest BCUT2D eigenvalue weighted by molar-refractivity contribution is -0.121. The van der Waals surface area contributed by atoms with Crippen molar-refractivity contribution in [2.24, 2.45) is 0 Å². The molecule has 23 heavy (non-hydrogen) atoms. The molecule has 2 aromatic rings. The zero-order chi connectivity index (χ0) is 16.1. The van der Waals surface area contributed by atoms with Gasteiger partial charge < -0.3 is 4.74 Å². The SMILES string of the molecule is Cc1ccccc1OCC(=O)N(c1nccs1)C1CCCCC1. The van der Waals surface area contributed by atoms with Crippen molar-refractivity contribution in [1.29, 1.82) is 0 Å². The molecule has 0 radical (unpaired) electrons. The van der Waals surface area contributed by atoms with Gasteiger partial charge in [0.15, 0.2) is 11.7 Å². The third kappa shape index (κ3) is 3.91. The minimum absolute atomic E-state index is 0.00453. The molecule has 3 rings (SSSR count). The van der Waals surface area contributed by atoms with E-state index in [0.717, 1.165) is 29.3 Å². The van der Waals surface area contributed by atoms with E-state index in [9.17, 15) is 4.79 Å². The molecule has 1 heterocycles. The Morgan fingerprint density at radius 1 is 1.30 bits per heavy atom. The van der Waals surface area contributed by atoms with Crippen LogP contribution in [0, 0.1) is 6.92 Å². The maximum Gasteiger partial charge on any atom is 0.266 e. The number of carbonyl (C=O) groups is 1. The van der Waals surface area contributed by atoms with Crippen molar-refractivity contribution in [3.63, 3.8) is 0 Å². The van der Waals surface area contributed by atoms with Gasteiger partial charge in [-0.15, -0.1) is 11.3 Å². The molecule has 1 amide bonds. The summed E-state index contributed by atoms with van der Waals surface area (Å²) in [5, 5.41) is 2.70. The Hall–Kier alpha value is -1.88. The van der Waals surface area contributed by atoms with Crippen LogP contribution in [0.5, 0.6) is 5.75 Å². The van der Waals surface area contributed by atoms with Crippen LogP contribution in [-0.2, 0) is 4.79 Å². The summed E-state index contributed by atoms with van der Waals surface area (Å²) in [6.07, 6.45) is 7.48. The van der Waals surface area contributed by atoms with Gasteiger partial charge in [0.1, 0.15) is 5.75 Å². The smallest absolute Gasteiger partial charge is 0.266 e. The van der Waals surface area contributed by atoms with Gasteiger partial charge in [-0.3, -0.25) is 9.69 Å². The van der Waals surface area contributed by atoms with Crippen LogP contribution in [0.3, 0.4) is 0 Å². The minimum Gasteiger partial charge on any atom is -0.483 e. The lowest BCUT2D eigenvalue weighted by Crippen LogP contribution is -2.44. The topological polar surface area (TPSA) is 42.4 Å². The number of hydrogen-bond donors (Lipinski definition) is 0. The number of nitrogens with zero attached hydrogens (tertiary/aromatic N) is 2. The number of amides is 1. The molecule has 0 spiro atoms. The number of rotatable bonds is 5. The van der Waals surface area contributed by atoms with Crippen LogP contribution in [0.15, 0.2) is 35.8 Å². The molecule has 0 bridgehead atoms. The number of aromatic nitrogens is 1. The molecule has 5 heteroatoms. The summed E-state index contributed by atoms with van der Waals surface area (Å²) >= 11 is 1.52. The van der Waals surface area contributed by atoms with E-state index in [1.54, 1.807) is 6.20 Å². The van der Waals surface area contributed by atoms with Crippen LogP contribution < -0.4 is 9.64 Å². The van der Waals surface area contributed by atoms with Crippen LogP contribution in [0.25, 0.3) is 0 Å². The van der Waals surface area contributed by atoms with Crippen molar-refractivity contribution in [1.82, 2.24) is 4.98 Å². The van der Waals surface area contributed by atoms with Crippen molar-refractivity contribution >= 4 is 22.4 Å². The Morgan fingerprint density at radius 2 is 2.09 bits per heavy atom. The van der Waals surface area contributed by atoms with Crippen molar-refractivity contribution in [2.75, 3.05) is 11.5 Å². The molecule has 0 N–H and O–H groups in total. The number of hydrogen-bond acceptors (Lipinski definition) is 4. The number of aryl methyl sites for hydroxylation is 1. The maximum atomic E-state index is 12.8. The van der Waals surface area contributed by atoms with E-state index in [4.69, 9.17) is 4.74 Å². The van der Waals surface area contributed by atoms with Gasteiger partial charge in [-0.05, 0) is 31.4 Å². The fourth-order valence-electron chi connectivity index (χ4n) is 3.07. The lowest BCUT2D eigenvalue weighted by atomic mass is 9.94. The first kappa shape index (κ1) is 16.0. The first-order valence-electron chi connectivity index (χ1n) is 8.15. The molecule has 122 valence electrons. The standard InChI is InChI=1S/C18H22N2O2S/c1-14-7-5-6-10-16(14)22-13-17(21)20(18-19-11-12-23-18)15-8-3-2-4-9-15/h5-7,10-12,15H,2-4,8-9,13H2,1H3. The Morgan fingerprint density at radius 3 is 2.78 bits per heavy atom. The van der Waals surface area contributed by atoms with E-state index in [1.807, 2.05) is 41.5 Å². The van der Waals surface area contributed by atoms with Crippen LogP contribution in [0.2, 0.25) is 0 Å². The average molecular weight is 330 g/mol. The van der Waals surface area contributed by atoms with Gasteiger partial charge in [-0.25, -0.2) is 4.98 Å². The zero-order valence-corrected chi connectivity index (χ0v) is 14.2. The Balaban J connectivity index is 1.71. The first-order valence-corrected chi connectivity index (χ1v) is 9.03. The largest absolute Gasteiger partial charge is 0.483 e. The number of para-hydroxylation sites is 1. The molecule has 1 aromatic heterocycles. The molecule has 4 nitrogen and oxygen atoms in total. The summed E-state index contributed by atoms with van der Waals surface area (Å²) in [6, 6.07) is 8.03. The molecule has 1 saturated carbocycles. The van der Waals surface area contributed by atoms with E-state index >= 15 is 0 Å². The van der Waals surface area contributed by atoms with E-state index in [1.165, 1.54) is 30.6 Å². The normalized spacial score (nSPS) is 15.3. The minimum atomic E-state index is -0.00453. The second kappa shape index (κ2) is 7.59.